The summed E-state index contributed by atoms with van der Waals surface area (Å²) in [4.78, 5) is 50.3. The summed E-state index contributed by atoms with van der Waals surface area (Å²) < 4.78 is 15.8. The van der Waals surface area contributed by atoms with Crippen molar-refractivity contribution in [3.63, 3.8) is 0 Å². The molecule has 0 saturated carbocycles. The number of hydrogen-bond acceptors (Lipinski definition) is 9. The summed E-state index contributed by atoms with van der Waals surface area (Å²) in [5.74, 6) is -1.41. The number of benzene rings is 1. The average Bonchev–Trinajstić information content (AvgIpc) is 3.16. The Hall–Kier alpha value is -2.90. The minimum absolute atomic E-state index is 0.101. The summed E-state index contributed by atoms with van der Waals surface area (Å²) >= 11 is 0. The van der Waals surface area contributed by atoms with Crippen molar-refractivity contribution in [3.8, 4) is 0 Å². The second-order valence-electron chi connectivity index (χ2n) is 8.23. The van der Waals surface area contributed by atoms with E-state index in [1.54, 1.807) is 18.2 Å². The first kappa shape index (κ1) is 26.7. The summed E-state index contributed by atoms with van der Waals surface area (Å²) in [6, 6.07) is 4.31. The Labute approximate surface area is 203 Å². The van der Waals surface area contributed by atoms with Crippen LogP contribution >= 0.6 is 0 Å². The lowest BCUT2D eigenvalue weighted by atomic mass is 10.0. The van der Waals surface area contributed by atoms with Crippen molar-refractivity contribution in [1.82, 2.24) is 10.2 Å². The Balaban J connectivity index is 1.39. The van der Waals surface area contributed by atoms with E-state index < -0.39 is 18.1 Å². The van der Waals surface area contributed by atoms with Gasteiger partial charge in [-0.05, 0) is 18.6 Å². The fraction of sp³-hybridized carbons (Fsp3) is 0.565. The first-order valence-electron chi connectivity index (χ1n) is 11.6. The molecule has 2 heterocycles. The smallest absolute Gasteiger partial charge is 0.255 e. The molecule has 1 fully saturated rings. The molecule has 2 aliphatic heterocycles. The zero-order valence-electron chi connectivity index (χ0n) is 19.5. The van der Waals surface area contributed by atoms with Gasteiger partial charge in [-0.15, -0.1) is 0 Å². The number of nitrogens with zero attached hydrogens (tertiary/aromatic N) is 1. The van der Waals surface area contributed by atoms with Crippen molar-refractivity contribution in [3.05, 3.63) is 29.3 Å². The Morgan fingerprint density at radius 2 is 1.89 bits per heavy atom. The van der Waals surface area contributed by atoms with Crippen molar-refractivity contribution >= 4 is 29.3 Å². The van der Waals surface area contributed by atoms with Gasteiger partial charge in [0.05, 0.1) is 46.1 Å². The Morgan fingerprint density at radius 1 is 1.14 bits per heavy atom. The van der Waals surface area contributed by atoms with Gasteiger partial charge in [0.2, 0.25) is 17.7 Å². The Bertz CT molecular complexity index is 925. The highest BCUT2D eigenvalue weighted by Gasteiger charge is 2.39. The molecule has 192 valence electrons. The zero-order valence-corrected chi connectivity index (χ0v) is 19.5. The predicted molar refractivity (Wildman–Crippen MR) is 123 cm³/mol. The summed E-state index contributed by atoms with van der Waals surface area (Å²) in [5, 5.41) is 14.7. The van der Waals surface area contributed by atoms with Gasteiger partial charge in [-0.2, -0.15) is 0 Å². The third kappa shape index (κ3) is 7.54. The molecule has 12 heteroatoms. The number of anilines is 1. The van der Waals surface area contributed by atoms with Crippen LogP contribution in [0.1, 0.15) is 35.2 Å². The third-order valence-electron chi connectivity index (χ3n) is 5.58. The van der Waals surface area contributed by atoms with Gasteiger partial charge in [0, 0.05) is 36.3 Å². The number of nitrogens with one attached hydrogen (secondary N) is 2. The van der Waals surface area contributed by atoms with Crippen LogP contribution in [-0.2, 0) is 35.1 Å². The molecule has 2 aliphatic rings. The highest BCUT2D eigenvalue weighted by molar-refractivity contribution is 6.06. The van der Waals surface area contributed by atoms with Crippen LogP contribution in [0.25, 0.3) is 0 Å². The third-order valence-corrected chi connectivity index (χ3v) is 5.58. The summed E-state index contributed by atoms with van der Waals surface area (Å²) in [7, 11) is 0. The van der Waals surface area contributed by atoms with Crippen LogP contribution in [0.15, 0.2) is 18.2 Å². The molecule has 0 radical (unpaired) electrons. The maximum Gasteiger partial charge on any atom is 0.255 e. The molecular weight excluding hydrogens is 460 g/mol. The van der Waals surface area contributed by atoms with E-state index in [0.717, 1.165) is 0 Å². The number of ether oxygens (including phenoxy) is 3. The normalized spacial score (nSPS) is 18.4. The Kier molecular flexibility index (Phi) is 10.1. The molecular formula is C23H32N4O8. The van der Waals surface area contributed by atoms with E-state index in [0.29, 0.717) is 30.0 Å². The van der Waals surface area contributed by atoms with Crippen LogP contribution in [0.4, 0.5) is 5.69 Å². The lowest BCUT2D eigenvalue weighted by Gasteiger charge is -2.29. The minimum Gasteiger partial charge on any atom is -0.388 e. The second kappa shape index (κ2) is 13.3. The number of piperidine rings is 1. The fourth-order valence-corrected chi connectivity index (χ4v) is 3.87. The van der Waals surface area contributed by atoms with E-state index >= 15 is 0 Å². The molecule has 1 aromatic carbocycles. The minimum atomic E-state index is -0.738. The van der Waals surface area contributed by atoms with Gasteiger partial charge in [-0.25, -0.2) is 0 Å². The lowest BCUT2D eigenvalue weighted by Crippen LogP contribution is -2.52. The molecule has 12 nitrogen and oxygen atoms in total. The molecule has 4 amide bonds. The molecule has 5 N–H and O–H groups in total. The number of aliphatic hydroxyl groups is 1. The topological polar surface area (TPSA) is 170 Å². The van der Waals surface area contributed by atoms with Gasteiger partial charge < -0.3 is 35.3 Å². The number of imide groups is 1. The molecule has 2 unspecified atom stereocenters. The fourth-order valence-electron chi connectivity index (χ4n) is 3.87. The molecule has 0 aromatic heterocycles. The molecule has 0 aliphatic carbocycles. The summed E-state index contributed by atoms with van der Waals surface area (Å²) in [6.07, 6.45) is -0.189. The first-order chi connectivity index (χ1) is 16.9. The van der Waals surface area contributed by atoms with E-state index in [1.807, 2.05) is 0 Å². The van der Waals surface area contributed by atoms with E-state index in [9.17, 15) is 24.3 Å². The van der Waals surface area contributed by atoms with E-state index in [4.69, 9.17) is 19.9 Å². The Morgan fingerprint density at radius 3 is 2.63 bits per heavy atom. The van der Waals surface area contributed by atoms with E-state index in [-0.39, 0.29) is 76.6 Å². The van der Waals surface area contributed by atoms with Crippen LogP contribution in [-0.4, -0.2) is 92.0 Å². The van der Waals surface area contributed by atoms with Crippen LogP contribution in [0, 0.1) is 0 Å². The lowest BCUT2D eigenvalue weighted by molar-refractivity contribution is -0.137. The highest BCUT2D eigenvalue weighted by atomic mass is 16.5. The first-order valence-corrected chi connectivity index (χ1v) is 11.6. The standard InChI is InChI=1S/C23H32N4O8/c24-7-9-34-13-15(28)14-35-11-10-33-8-6-21(30)25-18-3-1-2-16-17(18)12-27(23(16)32)19-4-5-20(29)26-22(19)31/h1-3,15,19,28H,4-14,24H2,(H,25,30)(H,26,29,31). The molecule has 3 rings (SSSR count). The van der Waals surface area contributed by atoms with Crippen LogP contribution in [0.2, 0.25) is 0 Å². The molecule has 0 spiro atoms. The number of amides is 4. The van der Waals surface area contributed by atoms with Crippen molar-refractivity contribution in [1.29, 1.82) is 0 Å². The van der Waals surface area contributed by atoms with E-state index in [1.165, 1.54) is 4.90 Å². The van der Waals surface area contributed by atoms with Crippen molar-refractivity contribution in [2.24, 2.45) is 5.73 Å². The molecule has 1 saturated heterocycles. The van der Waals surface area contributed by atoms with Gasteiger partial charge >= 0.3 is 0 Å². The average molecular weight is 493 g/mol. The zero-order chi connectivity index (χ0) is 25.2. The van der Waals surface area contributed by atoms with Gasteiger partial charge in [-0.3, -0.25) is 24.5 Å². The van der Waals surface area contributed by atoms with Crippen LogP contribution < -0.4 is 16.4 Å². The maximum absolute atomic E-state index is 12.9. The number of rotatable bonds is 14. The van der Waals surface area contributed by atoms with Gasteiger partial charge in [0.15, 0.2) is 0 Å². The second-order valence-corrected chi connectivity index (χ2v) is 8.23. The number of aliphatic hydroxyl groups excluding tert-OH is 1. The monoisotopic (exact) mass is 492 g/mol. The maximum atomic E-state index is 12.9. The number of fused-ring (bicyclic) bond motifs is 1. The summed E-state index contributed by atoms with van der Waals surface area (Å²) in [5.41, 5.74) is 6.87. The number of nitrogens with two attached hydrogens (primary N) is 1. The quantitative estimate of drug-likeness (QED) is 0.191. The largest absolute Gasteiger partial charge is 0.388 e. The number of carbonyl (C=O) groups excluding carboxylic acids is 4. The summed E-state index contributed by atoms with van der Waals surface area (Å²) in [6.45, 7) is 1.91. The SMILES string of the molecule is NCCOCC(O)COCCOCCC(=O)Nc1cccc2c1CN(C1CCC(=O)NC1=O)C2=O. The predicted octanol–water partition coefficient (Wildman–Crippen LogP) is -0.854. The van der Waals surface area contributed by atoms with Gasteiger partial charge in [0.25, 0.3) is 5.91 Å². The van der Waals surface area contributed by atoms with Gasteiger partial charge in [-0.1, -0.05) is 6.07 Å². The van der Waals surface area contributed by atoms with Crippen molar-refractivity contribution in [2.45, 2.75) is 38.0 Å². The van der Waals surface area contributed by atoms with Crippen molar-refractivity contribution in [2.75, 3.05) is 51.5 Å². The highest BCUT2D eigenvalue weighted by Crippen LogP contribution is 2.32. The number of hydrogen-bond donors (Lipinski definition) is 4. The van der Waals surface area contributed by atoms with Gasteiger partial charge in [0.1, 0.15) is 12.1 Å². The molecule has 0 bridgehead atoms. The molecule has 1 aromatic rings. The molecule has 2 atom stereocenters. The molecule has 35 heavy (non-hydrogen) atoms. The number of carbonyl (C=O) groups is 4. The van der Waals surface area contributed by atoms with Crippen LogP contribution in [0.5, 0.6) is 0 Å². The van der Waals surface area contributed by atoms with E-state index in [2.05, 4.69) is 10.6 Å². The van der Waals surface area contributed by atoms with Crippen LogP contribution in [0.3, 0.4) is 0 Å². The van der Waals surface area contributed by atoms with Crippen molar-refractivity contribution < 1.29 is 38.5 Å².